The molecule has 0 aromatic heterocycles. The summed E-state index contributed by atoms with van der Waals surface area (Å²) in [6.07, 6.45) is 0. The minimum absolute atomic E-state index is 0.731. The van der Waals surface area contributed by atoms with E-state index in [-0.39, 0.29) is 0 Å². The number of likely N-dealkylation sites (N-methyl/N-ethyl adjacent to an activating group) is 4. The van der Waals surface area contributed by atoms with Crippen LogP contribution in [-0.2, 0) is 0 Å². The summed E-state index contributed by atoms with van der Waals surface area (Å²) in [5.74, 6) is 0. The van der Waals surface area contributed by atoms with Gasteiger partial charge in [0.15, 0.2) is 0 Å². The Labute approximate surface area is 176 Å². The highest BCUT2D eigenvalue weighted by molar-refractivity contribution is 4.59. The minimum Gasteiger partial charge on any atom is -0.329 e. The van der Waals surface area contributed by atoms with Crippen molar-refractivity contribution in [2.75, 3.05) is 106 Å². The molecule has 0 aliphatic carbocycles. The first kappa shape index (κ1) is 32.3. The Morgan fingerprint density at radius 2 is 0.857 bits per heavy atom. The monoisotopic (exact) mass is 406 g/mol. The van der Waals surface area contributed by atoms with Gasteiger partial charge in [0.2, 0.25) is 0 Å². The fourth-order valence-corrected chi connectivity index (χ4v) is 2.16. The van der Waals surface area contributed by atoms with Gasteiger partial charge in [-0.25, -0.2) is 0 Å². The fourth-order valence-electron chi connectivity index (χ4n) is 2.16. The molecule has 8 heteroatoms. The Hall–Kier alpha value is -0.320. The summed E-state index contributed by atoms with van der Waals surface area (Å²) in [6.45, 7) is 22.1. The third kappa shape index (κ3) is 33.3. The van der Waals surface area contributed by atoms with Gasteiger partial charge in [-0.05, 0) is 27.2 Å². The first-order valence-corrected chi connectivity index (χ1v) is 11.2. The molecule has 8 N–H and O–H groups in total. The van der Waals surface area contributed by atoms with Crippen LogP contribution in [0.25, 0.3) is 0 Å². The largest absolute Gasteiger partial charge is 0.329 e. The van der Waals surface area contributed by atoms with Crippen LogP contribution in [0, 0.1) is 0 Å². The zero-order chi connectivity index (χ0) is 21.9. The number of nitrogens with one attached hydrogen (secondary N) is 4. The van der Waals surface area contributed by atoms with Crippen LogP contribution in [0.15, 0.2) is 0 Å². The number of nitrogens with zero attached hydrogens (tertiary/aromatic N) is 2. The summed E-state index contributed by atoms with van der Waals surface area (Å²) >= 11 is 0. The van der Waals surface area contributed by atoms with Crippen molar-refractivity contribution < 1.29 is 0 Å². The van der Waals surface area contributed by atoms with E-state index in [0.29, 0.717) is 0 Å². The van der Waals surface area contributed by atoms with E-state index in [2.05, 4.69) is 59.0 Å². The van der Waals surface area contributed by atoms with E-state index >= 15 is 0 Å². The van der Waals surface area contributed by atoms with E-state index in [4.69, 9.17) is 11.5 Å². The van der Waals surface area contributed by atoms with Crippen molar-refractivity contribution in [1.29, 1.82) is 0 Å². The molecule has 0 amide bonds. The van der Waals surface area contributed by atoms with Crippen LogP contribution >= 0.6 is 0 Å². The van der Waals surface area contributed by atoms with E-state index in [1.165, 1.54) is 0 Å². The molecule has 0 fully saturated rings. The van der Waals surface area contributed by atoms with Gasteiger partial charge in [-0.15, -0.1) is 0 Å². The van der Waals surface area contributed by atoms with Crippen molar-refractivity contribution in [1.82, 2.24) is 31.1 Å². The lowest BCUT2D eigenvalue weighted by Gasteiger charge is -2.16. The molecule has 0 heterocycles. The van der Waals surface area contributed by atoms with Crippen LogP contribution in [-0.4, -0.2) is 116 Å². The molecule has 0 aliphatic rings. The number of nitrogens with two attached hydrogens (primary N) is 2. The van der Waals surface area contributed by atoms with Gasteiger partial charge in [-0.1, -0.05) is 27.7 Å². The molecular weight excluding hydrogens is 352 g/mol. The first-order chi connectivity index (χ1) is 13.6. The summed E-state index contributed by atoms with van der Waals surface area (Å²) in [6, 6.07) is 0. The van der Waals surface area contributed by atoms with Crippen LogP contribution in [0.3, 0.4) is 0 Å². The van der Waals surface area contributed by atoms with Gasteiger partial charge in [0.25, 0.3) is 0 Å². The Morgan fingerprint density at radius 1 is 0.536 bits per heavy atom. The molecule has 0 bridgehead atoms. The van der Waals surface area contributed by atoms with Crippen molar-refractivity contribution in [3.8, 4) is 0 Å². The number of hydrogen-bond donors (Lipinski definition) is 6. The lowest BCUT2D eigenvalue weighted by molar-refractivity contribution is 0.334. The Morgan fingerprint density at radius 3 is 1.14 bits per heavy atom. The quantitative estimate of drug-likeness (QED) is 0.164. The lowest BCUT2D eigenvalue weighted by Crippen LogP contribution is -2.37. The average molecular weight is 407 g/mol. The maximum atomic E-state index is 5.48. The molecule has 0 aromatic carbocycles. The van der Waals surface area contributed by atoms with Crippen molar-refractivity contribution >= 4 is 0 Å². The fraction of sp³-hybridized carbons (Fsp3) is 1.00. The molecule has 0 spiro atoms. The third-order valence-corrected chi connectivity index (χ3v) is 3.82. The van der Waals surface area contributed by atoms with Crippen LogP contribution in [0.1, 0.15) is 27.7 Å². The van der Waals surface area contributed by atoms with Gasteiger partial charge in [-0.2, -0.15) is 0 Å². The predicted octanol–water partition coefficient (Wildman–Crippen LogP) is -0.822. The standard InChI is InChI=1S/C12H32N6.C6H16N2.C2H6/c1-17(9-3-13)11-7-15-5-6-16-8-12-18(2)10-4-14;1-3-7-5-6-8-4-2;1-2/h15-16H,3-14H2,1-2H3;7-8H,3-6H2,1-2H3;1-2H3. The minimum atomic E-state index is 0.731. The van der Waals surface area contributed by atoms with E-state index in [0.717, 1.165) is 91.6 Å². The second kappa shape index (κ2) is 31.4. The maximum Gasteiger partial charge on any atom is 0.0104 e. The summed E-state index contributed by atoms with van der Waals surface area (Å²) in [4.78, 5) is 4.48. The van der Waals surface area contributed by atoms with Crippen molar-refractivity contribution in [3.05, 3.63) is 0 Å². The second-order valence-corrected chi connectivity index (χ2v) is 6.39. The topological polar surface area (TPSA) is 107 Å². The number of hydrogen-bond acceptors (Lipinski definition) is 8. The van der Waals surface area contributed by atoms with Gasteiger partial charge in [0, 0.05) is 78.5 Å². The highest BCUT2D eigenvalue weighted by atomic mass is 15.1. The maximum absolute atomic E-state index is 5.48. The van der Waals surface area contributed by atoms with E-state index < -0.39 is 0 Å². The molecule has 0 aliphatic heterocycles. The highest BCUT2D eigenvalue weighted by Crippen LogP contribution is 1.78. The van der Waals surface area contributed by atoms with Crippen LogP contribution in [0.5, 0.6) is 0 Å². The van der Waals surface area contributed by atoms with Gasteiger partial charge in [0.1, 0.15) is 0 Å². The Balaban J connectivity index is -0.000000522. The summed E-state index contributed by atoms with van der Waals surface area (Å²) in [5, 5.41) is 13.3. The molecule has 8 nitrogen and oxygen atoms in total. The van der Waals surface area contributed by atoms with Crippen molar-refractivity contribution in [3.63, 3.8) is 0 Å². The van der Waals surface area contributed by atoms with E-state index in [9.17, 15) is 0 Å². The zero-order valence-electron chi connectivity index (χ0n) is 19.9. The predicted molar refractivity (Wildman–Crippen MR) is 127 cm³/mol. The third-order valence-electron chi connectivity index (χ3n) is 3.82. The van der Waals surface area contributed by atoms with E-state index in [1.807, 2.05) is 13.8 Å². The van der Waals surface area contributed by atoms with Gasteiger partial charge < -0.3 is 42.5 Å². The molecule has 0 saturated heterocycles. The molecule has 0 radical (unpaired) electrons. The van der Waals surface area contributed by atoms with Crippen molar-refractivity contribution in [2.24, 2.45) is 11.5 Å². The normalized spacial score (nSPS) is 10.5. The molecular formula is C20H54N8. The SMILES string of the molecule is CC.CCNCCNCC.CN(CCN)CCNCCNCCN(C)CCN. The van der Waals surface area contributed by atoms with Crippen molar-refractivity contribution in [2.45, 2.75) is 27.7 Å². The summed E-state index contributed by atoms with van der Waals surface area (Å²) in [7, 11) is 4.19. The van der Waals surface area contributed by atoms with Gasteiger partial charge >= 0.3 is 0 Å². The van der Waals surface area contributed by atoms with E-state index in [1.54, 1.807) is 0 Å². The molecule has 0 saturated carbocycles. The van der Waals surface area contributed by atoms with Crippen LogP contribution in [0.4, 0.5) is 0 Å². The highest BCUT2D eigenvalue weighted by Gasteiger charge is 1.96. The second-order valence-electron chi connectivity index (χ2n) is 6.39. The first-order valence-electron chi connectivity index (χ1n) is 11.2. The summed E-state index contributed by atoms with van der Waals surface area (Å²) in [5.41, 5.74) is 11.0. The van der Waals surface area contributed by atoms with Crippen LogP contribution < -0.4 is 32.7 Å². The molecule has 174 valence electrons. The lowest BCUT2D eigenvalue weighted by atomic mass is 10.4. The average Bonchev–Trinajstić information content (AvgIpc) is 2.70. The van der Waals surface area contributed by atoms with Gasteiger partial charge in [-0.3, -0.25) is 0 Å². The molecule has 0 rings (SSSR count). The molecule has 0 atom stereocenters. The Bertz CT molecular complexity index is 220. The molecule has 28 heavy (non-hydrogen) atoms. The summed E-state index contributed by atoms with van der Waals surface area (Å²) < 4.78 is 0. The molecule has 0 unspecified atom stereocenters. The van der Waals surface area contributed by atoms with Crippen LogP contribution in [0.2, 0.25) is 0 Å². The van der Waals surface area contributed by atoms with Gasteiger partial charge in [0.05, 0.1) is 0 Å². The smallest absolute Gasteiger partial charge is 0.0104 e. The Kier molecular flexibility index (Phi) is 36.2. The number of rotatable bonds is 18. The zero-order valence-corrected chi connectivity index (χ0v) is 19.9. The molecule has 0 aromatic rings.